The van der Waals surface area contributed by atoms with Gasteiger partial charge in [-0.3, -0.25) is 4.79 Å². The third-order valence-corrected chi connectivity index (χ3v) is 2.96. The molecular formula is C10H5ClF3N3OS. The maximum atomic E-state index is 12.6. The van der Waals surface area contributed by atoms with Gasteiger partial charge in [-0.15, -0.1) is 0 Å². The first-order valence-corrected chi connectivity index (χ1v) is 6.02. The van der Waals surface area contributed by atoms with E-state index in [0.717, 1.165) is 23.9 Å². The predicted molar refractivity (Wildman–Crippen MR) is 63.2 cm³/mol. The molecule has 0 fully saturated rings. The van der Waals surface area contributed by atoms with Gasteiger partial charge in [-0.25, -0.2) is 9.97 Å². The Bertz CT molecular complexity index is 659. The summed E-state index contributed by atoms with van der Waals surface area (Å²) in [5.41, 5.74) is -1.32. The highest BCUT2D eigenvalue weighted by Crippen LogP contribution is 2.33. The van der Waals surface area contributed by atoms with Crippen molar-refractivity contribution >= 4 is 23.4 Å². The Morgan fingerprint density at radius 2 is 2.05 bits per heavy atom. The maximum Gasteiger partial charge on any atom is 0.416 e. The molecule has 0 aliphatic carbocycles. The van der Waals surface area contributed by atoms with Crippen molar-refractivity contribution in [2.75, 3.05) is 0 Å². The summed E-state index contributed by atoms with van der Waals surface area (Å²) < 4.78 is 37.7. The van der Waals surface area contributed by atoms with Gasteiger partial charge in [0.2, 0.25) is 0 Å². The molecule has 0 radical (unpaired) electrons. The fraction of sp³-hybridized carbons (Fsp3) is 0.100. The molecule has 0 spiro atoms. The average molecular weight is 308 g/mol. The normalized spacial score (nSPS) is 11.6. The molecule has 0 saturated heterocycles. The van der Waals surface area contributed by atoms with Crippen LogP contribution in [-0.2, 0) is 6.18 Å². The van der Waals surface area contributed by atoms with Gasteiger partial charge >= 0.3 is 6.18 Å². The number of aromatic nitrogens is 3. The van der Waals surface area contributed by atoms with Gasteiger partial charge in [0.25, 0.3) is 5.56 Å². The minimum absolute atomic E-state index is 0.00539. The number of nitrogens with one attached hydrogen (secondary N) is 1. The Balaban J connectivity index is 2.36. The molecule has 9 heteroatoms. The van der Waals surface area contributed by atoms with E-state index in [1.54, 1.807) is 0 Å². The Morgan fingerprint density at radius 3 is 2.68 bits per heavy atom. The van der Waals surface area contributed by atoms with Crippen molar-refractivity contribution in [2.45, 2.75) is 16.4 Å². The highest BCUT2D eigenvalue weighted by atomic mass is 35.5. The van der Waals surface area contributed by atoms with Crippen LogP contribution < -0.4 is 5.56 Å². The first kappa shape index (κ1) is 13.9. The molecule has 1 N–H and O–H groups in total. The van der Waals surface area contributed by atoms with Crippen molar-refractivity contribution in [3.8, 4) is 0 Å². The molecular weight excluding hydrogens is 303 g/mol. The van der Waals surface area contributed by atoms with Crippen molar-refractivity contribution in [2.24, 2.45) is 0 Å². The average Bonchev–Trinajstić information content (AvgIpc) is 2.26. The van der Waals surface area contributed by atoms with E-state index in [9.17, 15) is 18.0 Å². The zero-order chi connectivity index (χ0) is 14.0. The van der Waals surface area contributed by atoms with E-state index in [1.165, 1.54) is 12.3 Å². The smallest absolute Gasteiger partial charge is 0.301 e. The highest BCUT2D eigenvalue weighted by Gasteiger charge is 2.31. The molecule has 2 heterocycles. The summed E-state index contributed by atoms with van der Waals surface area (Å²) in [5, 5.41) is -0.153. The zero-order valence-corrected chi connectivity index (χ0v) is 10.6. The molecule has 19 heavy (non-hydrogen) atoms. The molecule has 0 unspecified atom stereocenters. The number of pyridine rings is 1. The topological polar surface area (TPSA) is 58.6 Å². The van der Waals surface area contributed by atoms with Gasteiger partial charge in [-0.2, -0.15) is 13.2 Å². The first-order valence-electron chi connectivity index (χ1n) is 4.82. The minimum atomic E-state index is -4.51. The van der Waals surface area contributed by atoms with Gasteiger partial charge in [0.15, 0.2) is 5.16 Å². The van der Waals surface area contributed by atoms with Crippen LogP contribution >= 0.6 is 23.4 Å². The minimum Gasteiger partial charge on any atom is -0.301 e. The standard InChI is InChI=1S/C10H5ClF3N3OS/c11-6-3-5(10(12,13)14)4-8(16-6)19-9-15-2-1-7(18)17-9/h1-4H,(H,15,17,18). The van der Waals surface area contributed by atoms with Crippen molar-refractivity contribution in [3.63, 3.8) is 0 Å². The zero-order valence-electron chi connectivity index (χ0n) is 9.03. The molecule has 0 aliphatic rings. The summed E-state index contributed by atoms with van der Waals surface area (Å²) in [6, 6.07) is 2.76. The SMILES string of the molecule is O=c1ccnc(Sc2cc(C(F)(F)F)cc(Cl)n2)[nH]1. The lowest BCUT2D eigenvalue weighted by Crippen LogP contribution is -2.07. The van der Waals surface area contributed by atoms with Crippen molar-refractivity contribution < 1.29 is 13.2 Å². The lowest BCUT2D eigenvalue weighted by atomic mass is 10.3. The summed E-state index contributed by atoms with van der Waals surface area (Å²) in [5.74, 6) is 0. The number of hydrogen-bond donors (Lipinski definition) is 1. The summed E-state index contributed by atoms with van der Waals surface area (Å²) in [6.45, 7) is 0. The monoisotopic (exact) mass is 307 g/mol. The van der Waals surface area contributed by atoms with Crippen LogP contribution in [-0.4, -0.2) is 15.0 Å². The van der Waals surface area contributed by atoms with Gasteiger partial charge in [-0.05, 0) is 23.9 Å². The van der Waals surface area contributed by atoms with Gasteiger partial charge in [0, 0.05) is 12.3 Å². The van der Waals surface area contributed by atoms with Gasteiger partial charge < -0.3 is 4.98 Å². The number of hydrogen-bond acceptors (Lipinski definition) is 4. The molecule has 2 aromatic rings. The second-order valence-corrected chi connectivity index (χ2v) is 4.75. The molecule has 2 aromatic heterocycles. The second kappa shape index (κ2) is 5.22. The van der Waals surface area contributed by atoms with Gasteiger partial charge in [-0.1, -0.05) is 11.6 Å². The molecule has 0 aliphatic heterocycles. The number of nitrogens with zero attached hydrogens (tertiary/aromatic N) is 2. The van der Waals surface area contributed by atoms with Gasteiger partial charge in [0.05, 0.1) is 5.56 Å². The largest absolute Gasteiger partial charge is 0.416 e. The lowest BCUT2D eigenvalue weighted by Gasteiger charge is -2.08. The number of rotatable bonds is 2. The first-order chi connectivity index (χ1) is 8.84. The number of halogens is 4. The number of H-pyrrole nitrogens is 1. The predicted octanol–water partition coefficient (Wildman–Crippen LogP) is 2.99. The molecule has 0 saturated carbocycles. The lowest BCUT2D eigenvalue weighted by molar-refractivity contribution is -0.137. The van der Waals surface area contributed by atoms with Crippen molar-refractivity contribution in [1.29, 1.82) is 0 Å². The van der Waals surface area contributed by atoms with Crippen molar-refractivity contribution in [1.82, 2.24) is 15.0 Å². The Hall–Kier alpha value is -1.54. The molecule has 100 valence electrons. The maximum absolute atomic E-state index is 12.6. The molecule has 2 rings (SSSR count). The third kappa shape index (κ3) is 3.71. The second-order valence-electron chi connectivity index (χ2n) is 3.36. The van der Waals surface area contributed by atoms with Gasteiger partial charge in [0.1, 0.15) is 10.2 Å². The molecule has 0 aromatic carbocycles. The Labute approximate surface area is 114 Å². The van der Waals surface area contributed by atoms with Crippen LogP contribution in [0.5, 0.6) is 0 Å². The van der Waals surface area contributed by atoms with Crippen LogP contribution in [0.2, 0.25) is 5.15 Å². The Morgan fingerprint density at radius 1 is 1.32 bits per heavy atom. The van der Waals surface area contributed by atoms with Crippen LogP contribution in [0, 0.1) is 0 Å². The number of alkyl halides is 3. The van der Waals surface area contributed by atoms with E-state index in [4.69, 9.17) is 11.6 Å². The van der Waals surface area contributed by atoms with Crippen LogP contribution in [0.3, 0.4) is 0 Å². The molecule has 0 bridgehead atoms. The van der Waals surface area contributed by atoms with E-state index in [0.29, 0.717) is 0 Å². The van der Waals surface area contributed by atoms with Crippen LogP contribution in [0.1, 0.15) is 5.56 Å². The third-order valence-electron chi connectivity index (χ3n) is 1.95. The van der Waals surface area contributed by atoms with Crippen LogP contribution in [0.15, 0.2) is 39.4 Å². The van der Waals surface area contributed by atoms with E-state index in [2.05, 4.69) is 15.0 Å². The molecule has 0 amide bonds. The molecule has 4 nitrogen and oxygen atoms in total. The number of aromatic amines is 1. The summed E-state index contributed by atoms with van der Waals surface area (Å²) >= 11 is 6.32. The van der Waals surface area contributed by atoms with Crippen LogP contribution in [0.25, 0.3) is 0 Å². The van der Waals surface area contributed by atoms with E-state index < -0.39 is 17.3 Å². The van der Waals surface area contributed by atoms with E-state index >= 15 is 0 Å². The van der Waals surface area contributed by atoms with Crippen LogP contribution in [0.4, 0.5) is 13.2 Å². The fourth-order valence-corrected chi connectivity index (χ4v) is 2.24. The van der Waals surface area contributed by atoms with Crippen molar-refractivity contribution in [3.05, 3.63) is 45.5 Å². The fourth-order valence-electron chi connectivity index (χ4n) is 1.19. The Kier molecular flexibility index (Phi) is 3.81. The van der Waals surface area contributed by atoms with E-state index in [1.807, 2.05) is 0 Å². The summed E-state index contributed by atoms with van der Waals surface area (Å²) in [7, 11) is 0. The summed E-state index contributed by atoms with van der Waals surface area (Å²) in [4.78, 5) is 20.9. The van der Waals surface area contributed by atoms with E-state index in [-0.39, 0.29) is 15.3 Å². The highest BCUT2D eigenvalue weighted by molar-refractivity contribution is 7.99. The molecule has 0 atom stereocenters. The summed E-state index contributed by atoms with van der Waals surface area (Å²) in [6.07, 6.45) is -3.27. The quantitative estimate of drug-likeness (QED) is 0.684.